The molecule has 0 amide bonds. The first-order chi connectivity index (χ1) is 9.57. The summed E-state index contributed by atoms with van der Waals surface area (Å²) in [5.74, 6) is 0. The zero-order chi connectivity index (χ0) is 14.2. The number of pyridine rings is 1. The highest BCUT2D eigenvalue weighted by Crippen LogP contribution is 2.29. The number of aromatic nitrogens is 1. The smallest absolute Gasteiger partial charge is 0.0702 e. The lowest BCUT2D eigenvalue weighted by Crippen LogP contribution is -2.34. The second kappa shape index (κ2) is 4.89. The van der Waals surface area contributed by atoms with E-state index in [1.165, 1.54) is 0 Å². The van der Waals surface area contributed by atoms with Gasteiger partial charge >= 0.3 is 0 Å². The van der Waals surface area contributed by atoms with Crippen molar-refractivity contribution >= 4 is 22.5 Å². The molecular formula is C17H15ClN2. The summed E-state index contributed by atoms with van der Waals surface area (Å²) in [7, 11) is 0. The Labute approximate surface area is 123 Å². The Bertz CT molecular complexity index is 748. The van der Waals surface area contributed by atoms with E-state index in [9.17, 15) is 0 Å². The van der Waals surface area contributed by atoms with E-state index >= 15 is 0 Å². The van der Waals surface area contributed by atoms with Gasteiger partial charge in [0.1, 0.15) is 0 Å². The number of halogens is 1. The van der Waals surface area contributed by atoms with Crippen molar-refractivity contribution in [1.82, 2.24) is 4.98 Å². The van der Waals surface area contributed by atoms with Crippen LogP contribution in [0.4, 0.5) is 0 Å². The predicted molar refractivity (Wildman–Crippen MR) is 83.8 cm³/mol. The fourth-order valence-corrected chi connectivity index (χ4v) is 2.49. The number of fused-ring (bicyclic) bond motifs is 1. The minimum atomic E-state index is -0.561. The third-order valence-corrected chi connectivity index (χ3v) is 3.90. The number of rotatable bonds is 2. The van der Waals surface area contributed by atoms with Crippen LogP contribution in [0.3, 0.4) is 0 Å². The molecular weight excluding hydrogens is 268 g/mol. The van der Waals surface area contributed by atoms with Crippen LogP contribution in [0.2, 0.25) is 5.02 Å². The Morgan fingerprint density at radius 1 is 1.00 bits per heavy atom. The molecule has 0 bridgehead atoms. The van der Waals surface area contributed by atoms with Crippen LogP contribution in [-0.4, -0.2) is 4.98 Å². The first-order valence-electron chi connectivity index (χ1n) is 6.47. The van der Waals surface area contributed by atoms with Crippen molar-refractivity contribution in [3.8, 4) is 0 Å². The molecule has 0 radical (unpaired) electrons. The number of nitrogens with zero attached hydrogens (tertiary/aromatic N) is 1. The molecule has 1 unspecified atom stereocenters. The average molecular weight is 283 g/mol. The molecule has 0 aliphatic heterocycles. The summed E-state index contributed by atoms with van der Waals surface area (Å²) in [5.41, 5.74) is 9.04. The van der Waals surface area contributed by atoms with Gasteiger partial charge in [-0.2, -0.15) is 0 Å². The fraction of sp³-hybridized carbons (Fsp3) is 0.118. The lowest BCUT2D eigenvalue weighted by molar-refractivity contribution is 0.604. The zero-order valence-corrected chi connectivity index (χ0v) is 11.9. The van der Waals surface area contributed by atoms with Gasteiger partial charge in [0.05, 0.1) is 11.1 Å². The van der Waals surface area contributed by atoms with E-state index in [1.807, 2.05) is 55.5 Å². The van der Waals surface area contributed by atoms with Crippen LogP contribution < -0.4 is 5.73 Å². The molecule has 0 aliphatic rings. The fourth-order valence-electron chi connectivity index (χ4n) is 2.36. The van der Waals surface area contributed by atoms with Gasteiger partial charge in [0, 0.05) is 16.6 Å². The van der Waals surface area contributed by atoms with Gasteiger partial charge in [0.15, 0.2) is 0 Å². The largest absolute Gasteiger partial charge is 0.318 e. The second-order valence-electron chi connectivity index (χ2n) is 5.12. The van der Waals surface area contributed by atoms with Crippen molar-refractivity contribution < 1.29 is 0 Å². The van der Waals surface area contributed by atoms with Crippen LogP contribution in [-0.2, 0) is 5.54 Å². The molecule has 1 aromatic heterocycles. The molecule has 0 saturated carbocycles. The number of hydrogen-bond acceptors (Lipinski definition) is 2. The minimum Gasteiger partial charge on any atom is -0.318 e. The van der Waals surface area contributed by atoms with Crippen molar-refractivity contribution in [2.45, 2.75) is 12.5 Å². The SMILES string of the molecule is CC(N)(c1ccc(Cl)cc1)c1ccc2ncccc2c1. The first kappa shape index (κ1) is 13.1. The third kappa shape index (κ3) is 2.28. The van der Waals surface area contributed by atoms with Gasteiger partial charge in [-0.15, -0.1) is 0 Å². The maximum atomic E-state index is 6.54. The standard InChI is InChI=1S/C17H15ClN2/c1-17(19,13-4-7-15(18)8-5-13)14-6-9-16-12(11-14)3-2-10-20-16/h2-11H,19H2,1H3. The third-order valence-electron chi connectivity index (χ3n) is 3.65. The Balaban J connectivity index is 2.10. The maximum absolute atomic E-state index is 6.54. The molecule has 100 valence electrons. The number of nitrogens with two attached hydrogens (primary N) is 1. The van der Waals surface area contributed by atoms with Crippen LogP contribution in [0.15, 0.2) is 60.8 Å². The van der Waals surface area contributed by atoms with Crippen LogP contribution >= 0.6 is 11.6 Å². The molecule has 2 N–H and O–H groups in total. The van der Waals surface area contributed by atoms with Crippen LogP contribution in [0.5, 0.6) is 0 Å². The van der Waals surface area contributed by atoms with E-state index in [4.69, 9.17) is 17.3 Å². The van der Waals surface area contributed by atoms with Gasteiger partial charge in [-0.25, -0.2) is 0 Å². The number of hydrogen-bond donors (Lipinski definition) is 1. The van der Waals surface area contributed by atoms with Crippen molar-refractivity contribution in [2.75, 3.05) is 0 Å². The Morgan fingerprint density at radius 2 is 1.70 bits per heavy atom. The second-order valence-corrected chi connectivity index (χ2v) is 5.56. The molecule has 20 heavy (non-hydrogen) atoms. The van der Waals surface area contributed by atoms with E-state index in [0.29, 0.717) is 5.02 Å². The van der Waals surface area contributed by atoms with Crippen LogP contribution in [0.25, 0.3) is 10.9 Å². The van der Waals surface area contributed by atoms with Gasteiger partial charge in [-0.3, -0.25) is 4.98 Å². The molecule has 0 fully saturated rings. The normalized spacial score (nSPS) is 14.2. The van der Waals surface area contributed by atoms with E-state index in [2.05, 4.69) is 11.1 Å². The molecule has 0 saturated heterocycles. The lowest BCUT2D eigenvalue weighted by atomic mass is 9.85. The van der Waals surface area contributed by atoms with Crippen LogP contribution in [0, 0.1) is 0 Å². The zero-order valence-electron chi connectivity index (χ0n) is 11.2. The molecule has 3 heteroatoms. The molecule has 1 heterocycles. The molecule has 0 aliphatic carbocycles. The summed E-state index contributed by atoms with van der Waals surface area (Å²) >= 11 is 5.94. The average Bonchev–Trinajstić information content (AvgIpc) is 2.47. The topological polar surface area (TPSA) is 38.9 Å². The van der Waals surface area contributed by atoms with E-state index < -0.39 is 5.54 Å². The lowest BCUT2D eigenvalue weighted by Gasteiger charge is -2.26. The van der Waals surface area contributed by atoms with Crippen molar-refractivity contribution in [3.63, 3.8) is 0 Å². The number of benzene rings is 2. The quantitative estimate of drug-likeness (QED) is 0.768. The van der Waals surface area contributed by atoms with Crippen LogP contribution in [0.1, 0.15) is 18.1 Å². The highest BCUT2D eigenvalue weighted by Gasteiger charge is 2.23. The first-order valence-corrected chi connectivity index (χ1v) is 6.85. The molecule has 1 atom stereocenters. The monoisotopic (exact) mass is 282 g/mol. The minimum absolute atomic E-state index is 0.561. The molecule has 3 rings (SSSR count). The van der Waals surface area contributed by atoms with Crippen molar-refractivity contribution in [1.29, 1.82) is 0 Å². The van der Waals surface area contributed by atoms with Gasteiger partial charge in [-0.05, 0) is 48.4 Å². The van der Waals surface area contributed by atoms with Gasteiger partial charge in [-0.1, -0.05) is 35.9 Å². The van der Waals surface area contributed by atoms with E-state index in [0.717, 1.165) is 22.0 Å². The molecule has 3 aromatic rings. The van der Waals surface area contributed by atoms with Crippen molar-refractivity contribution in [3.05, 3.63) is 76.9 Å². The van der Waals surface area contributed by atoms with E-state index in [1.54, 1.807) is 6.20 Å². The van der Waals surface area contributed by atoms with Crippen molar-refractivity contribution in [2.24, 2.45) is 5.73 Å². The Hall–Kier alpha value is -1.90. The summed E-state index contributed by atoms with van der Waals surface area (Å²) in [6, 6.07) is 17.8. The van der Waals surface area contributed by atoms with Gasteiger partial charge in [0.25, 0.3) is 0 Å². The highest BCUT2D eigenvalue weighted by molar-refractivity contribution is 6.30. The van der Waals surface area contributed by atoms with E-state index in [-0.39, 0.29) is 0 Å². The van der Waals surface area contributed by atoms with Gasteiger partial charge < -0.3 is 5.73 Å². The summed E-state index contributed by atoms with van der Waals surface area (Å²) in [6.07, 6.45) is 1.79. The molecule has 0 spiro atoms. The Morgan fingerprint density at radius 3 is 2.45 bits per heavy atom. The Kier molecular flexibility index (Phi) is 3.20. The summed E-state index contributed by atoms with van der Waals surface area (Å²) in [6.45, 7) is 2.01. The summed E-state index contributed by atoms with van der Waals surface area (Å²) in [5, 5.41) is 1.81. The predicted octanol–water partition coefficient (Wildman–Crippen LogP) is 4.11. The summed E-state index contributed by atoms with van der Waals surface area (Å²) in [4.78, 5) is 4.33. The highest BCUT2D eigenvalue weighted by atomic mass is 35.5. The molecule has 2 nitrogen and oxygen atoms in total. The van der Waals surface area contributed by atoms with Gasteiger partial charge in [0.2, 0.25) is 0 Å². The maximum Gasteiger partial charge on any atom is 0.0702 e. The molecule has 2 aromatic carbocycles. The summed E-state index contributed by atoms with van der Waals surface area (Å²) < 4.78 is 0.